The van der Waals surface area contributed by atoms with Crippen molar-refractivity contribution in [1.82, 2.24) is 10.2 Å². The van der Waals surface area contributed by atoms with Crippen molar-refractivity contribution >= 4 is 15.7 Å². The van der Waals surface area contributed by atoms with Crippen LogP contribution in [0.4, 0.5) is 0 Å². The van der Waals surface area contributed by atoms with Gasteiger partial charge >= 0.3 is 0 Å². The molecule has 0 unspecified atom stereocenters. The van der Waals surface area contributed by atoms with Gasteiger partial charge in [0.1, 0.15) is 0 Å². The Kier molecular flexibility index (Phi) is 5.44. The first kappa shape index (κ1) is 18.6. The van der Waals surface area contributed by atoms with Crippen LogP contribution in [0.15, 0.2) is 59.5 Å². The second-order valence-electron chi connectivity index (χ2n) is 6.91. The predicted molar refractivity (Wildman–Crippen MR) is 102 cm³/mol. The molecule has 0 aromatic heterocycles. The minimum absolute atomic E-state index is 0.107. The molecule has 6 heteroatoms. The van der Waals surface area contributed by atoms with Gasteiger partial charge in [-0.25, -0.2) is 8.42 Å². The Labute approximate surface area is 154 Å². The van der Waals surface area contributed by atoms with E-state index in [9.17, 15) is 13.2 Å². The molecule has 1 heterocycles. The summed E-state index contributed by atoms with van der Waals surface area (Å²) in [7, 11) is -3.50. The predicted octanol–water partition coefficient (Wildman–Crippen LogP) is 2.48. The Balaban J connectivity index is 1.88. The van der Waals surface area contributed by atoms with E-state index in [1.165, 1.54) is 0 Å². The highest BCUT2D eigenvalue weighted by Gasteiger charge is 2.27. The van der Waals surface area contributed by atoms with Crippen LogP contribution in [-0.4, -0.2) is 44.4 Å². The zero-order valence-electron chi connectivity index (χ0n) is 15.1. The first-order chi connectivity index (χ1) is 12.4. The van der Waals surface area contributed by atoms with Crippen LogP contribution in [-0.2, 0) is 15.6 Å². The zero-order chi connectivity index (χ0) is 18.7. The third-order valence-electron chi connectivity index (χ3n) is 4.54. The van der Waals surface area contributed by atoms with Crippen LogP contribution < -0.4 is 5.32 Å². The number of hydrogen-bond acceptors (Lipinski definition) is 4. The number of amides is 1. The number of nitrogens with one attached hydrogen (secondary N) is 1. The highest BCUT2D eigenvalue weighted by molar-refractivity contribution is 7.90. The molecule has 2 atom stereocenters. The molecule has 1 N–H and O–H groups in total. The van der Waals surface area contributed by atoms with E-state index < -0.39 is 9.84 Å². The highest BCUT2D eigenvalue weighted by Crippen LogP contribution is 2.21. The molecule has 138 valence electrons. The van der Waals surface area contributed by atoms with Gasteiger partial charge in [0.25, 0.3) is 5.91 Å². The number of carbonyl (C=O) groups is 1. The van der Waals surface area contributed by atoms with Gasteiger partial charge in [0.05, 0.1) is 10.6 Å². The van der Waals surface area contributed by atoms with Gasteiger partial charge < -0.3 is 10.2 Å². The van der Waals surface area contributed by atoms with E-state index in [-0.39, 0.29) is 28.6 Å². The van der Waals surface area contributed by atoms with Crippen LogP contribution in [0.2, 0.25) is 0 Å². The molecule has 1 amide bonds. The molecule has 3 rings (SSSR count). The Morgan fingerprint density at radius 3 is 2.23 bits per heavy atom. The van der Waals surface area contributed by atoms with Crippen LogP contribution in [0.1, 0.15) is 29.8 Å². The van der Waals surface area contributed by atoms with Crippen LogP contribution in [0.25, 0.3) is 0 Å². The summed E-state index contributed by atoms with van der Waals surface area (Å²) >= 11 is 0. The molecule has 0 bridgehead atoms. The lowest BCUT2D eigenvalue weighted by atomic mass is 10.1. The molecule has 0 spiro atoms. The van der Waals surface area contributed by atoms with Gasteiger partial charge in [-0.2, -0.15) is 0 Å². The first-order valence-corrected chi connectivity index (χ1v) is 10.4. The largest absolute Gasteiger partial charge is 0.336 e. The van der Waals surface area contributed by atoms with Crippen molar-refractivity contribution in [1.29, 1.82) is 0 Å². The van der Waals surface area contributed by atoms with Crippen molar-refractivity contribution in [3.63, 3.8) is 0 Å². The second-order valence-corrected chi connectivity index (χ2v) is 8.90. The Morgan fingerprint density at radius 2 is 1.58 bits per heavy atom. The summed E-state index contributed by atoms with van der Waals surface area (Å²) < 4.78 is 25.4. The van der Waals surface area contributed by atoms with Gasteiger partial charge in [0.15, 0.2) is 9.84 Å². The Hall–Kier alpha value is -2.18. The third-order valence-corrected chi connectivity index (χ3v) is 6.22. The molecule has 0 saturated carbocycles. The van der Waals surface area contributed by atoms with Gasteiger partial charge in [-0.1, -0.05) is 36.4 Å². The first-order valence-electron chi connectivity index (χ1n) is 8.78. The lowest BCUT2D eigenvalue weighted by Gasteiger charge is -2.36. The monoisotopic (exact) mass is 372 g/mol. The Morgan fingerprint density at radius 1 is 1.00 bits per heavy atom. The normalized spacial score (nSPS) is 20.8. The fraction of sp³-hybridized carbons (Fsp3) is 0.350. The van der Waals surface area contributed by atoms with Crippen molar-refractivity contribution in [2.24, 2.45) is 0 Å². The molecule has 1 aliphatic rings. The summed E-state index contributed by atoms with van der Waals surface area (Å²) in [5, 5.41) is 3.40. The summed E-state index contributed by atoms with van der Waals surface area (Å²) in [6.45, 7) is 5.31. The fourth-order valence-electron chi connectivity index (χ4n) is 3.43. The number of carbonyl (C=O) groups excluding carboxylic acids is 1. The van der Waals surface area contributed by atoms with Gasteiger partial charge in [-0.3, -0.25) is 4.79 Å². The van der Waals surface area contributed by atoms with Gasteiger partial charge in [-0.05, 0) is 37.6 Å². The topological polar surface area (TPSA) is 66.5 Å². The van der Waals surface area contributed by atoms with E-state index in [1.54, 1.807) is 59.5 Å². The molecular formula is C20H24N2O3S. The summed E-state index contributed by atoms with van der Waals surface area (Å²) in [5.41, 5.74) is 1.01. The smallest absolute Gasteiger partial charge is 0.254 e. The van der Waals surface area contributed by atoms with Crippen molar-refractivity contribution in [2.45, 2.75) is 36.6 Å². The quantitative estimate of drug-likeness (QED) is 0.895. The van der Waals surface area contributed by atoms with Gasteiger partial charge in [-0.15, -0.1) is 0 Å². The summed E-state index contributed by atoms with van der Waals surface area (Å²) in [6, 6.07) is 15.8. The molecule has 2 aromatic rings. The number of rotatable bonds is 4. The maximum absolute atomic E-state index is 13.0. The number of benzene rings is 2. The molecule has 1 aliphatic heterocycles. The molecule has 1 fully saturated rings. The van der Waals surface area contributed by atoms with E-state index in [0.717, 1.165) is 0 Å². The number of nitrogens with zero attached hydrogens (tertiary/aromatic N) is 1. The minimum atomic E-state index is -3.50. The molecule has 5 nitrogen and oxygen atoms in total. The lowest BCUT2D eigenvalue weighted by Crippen LogP contribution is -2.55. The van der Waals surface area contributed by atoms with Crippen molar-refractivity contribution in [2.75, 3.05) is 13.1 Å². The van der Waals surface area contributed by atoms with E-state index >= 15 is 0 Å². The van der Waals surface area contributed by atoms with Crippen LogP contribution in [0.3, 0.4) is 0 Å². The average Bonchev–Trinajstić information content (AvgIpc) is 2.61. The van der Waals surface area contributed by atoms with E-state index in [0.29, 0.717) is 24.2 Å². The molecule has 2 aromatic carbocycles. The molecule has 26 heavy (non-hydrogen) atoms. The van der Waals surface area contributed by atoms with E-state index in [4.69, 9.17) is 0 Å². The fourth-order valence-corrected chi connectivity index (χ4v) is 4.83. The number of hydrogen-bond donors (Lipinski definition) is 1. The summed E-state index contributed by atoms with van der Waals surface area (Å²) in [4.78, 5) is 15.1. The number of sulfone groups is 1. The zero-order valence-corrected chi connectivity index (χ0v) is 15.9. The van der Waals surface area contributed by atoms with Crippen LogP contribution in [0.5, 0.6) is 0 Å². The second kappa shape index (κ2) is 7.60. The molecule has 1 saturated heterocycles. The SMILES string of the molecule is C[C@@H]1CN(C(=O)c2ccccc2CS(=O)(=O)c2ccccc2)C[C@@H](C)N1. The van der Waals surface area contributed by atoms with Gasteiger partial charge in [0, 0.05) is 30.7 Å². The number of piperazine rings is 1. The van der Waals surface area contributed by atoms with E-state index in [1.807, 2.05) is 13.8 Å². The summed E-state index contributed by atoms with van der Waals surface area (Å²) in [5.74, 6) is -0.292. The van der Waals surface area contributed by atoms with Crippen LogP contribution >= 0.6 is 0 Å². The van der Waals surface area contributed by atoms with Crippen molar-refractivity contribution in [3.8, 4) is 0 Å². The maximum Gasteiger partial charge on any atom is 0.254 e. The van der Waals surface area contributed by atoms with Crippen LogP contribution in [0, 0.1) is 0 Å². The van der Waals surface area contributed by atoms with Crippen molar-refractivity contribution in [3.05, 3.63) is 65.7 Å². The van der Waals surface area contributed by atoms with Crippen molar-refractivity contribution < 1.29 is 13.2 Å². The molecular weight excluding hydrogens is 348 g/mol. The minimum Gasteiger partial charge on any atom is -0.336 e. The standard InChI is InChI=1S/C20H24N2O3S/c1-15-12-22(13-16(2)21-15)20(23)19-11-7-6-8-17(19)14-26(24,25)18-9-4-3-5-10-18/h3-11,15-16,21H,12-14H2,1-2H3/t15-,16-/m1/s1. The summed E-state index contributed by atoms with van der Waals surface area (Å²) in [6.07, 6.45) is 0. The Bertz CT molecular complexity index is 871. The highest BCUT2D eigenvalue weighted by atomic mass is 32.2. The molecule has 0 radical (unpaired) electrons. The third kappa shape index (κ3) is 4.14. The van der Waals surface area contributed by atoms with E-state index in [2.05, 4.69) is 5.32 Å². The maximum atomic E-state index is 13.0. The van der Waals surface area contributed by atoms with Gasteiger partial charge in [0.2, 0.25) is 0 Å². The molecule has 0 aliphatic carbocycles. The lowest BCUT2D eigenvalue weighted by molar-refractivity contribution is 0.0673. The average molecular weight is 372 g/mol.